The summed E-state index contributed by atoms with van der Waals surface area (Å²) in [7, 11) is 1.36. The van der Waals surface area contributed by atoms with Gasteiger partial charge in [-0.1, -0.05) is 0 Å². The number of piperazine rings is 1. The number of nitrogens with one attached hydrogen (secondary N) is 1. The number of halogens is 4. The van der Waals surface area contributed by atoms with E-state index < -0.39 is 18.6 Å². The van der Waals surface area contributed by atoms with Gasteiger partial charge in [-0.05, 0) is 33.6 Å². The Bertz CT molecular complexity index is 531. The summed E-state index contributed by atoms with van der Waals surface area (Å²) in [5.74, 6) is -3.34. The molecule has 132 valence electrons. The maximum atomic E-state index is 14.3. The van der Waals surface area contributed by atoms with Crippen molar-refractivity contribution in [1.29, 1.82) is 0 Å². The summed E-state index contributed by atoms with van der Waals surface area (Å²) < 4.78 is 34.0. The quantitative estimate of drug-likeness (QED) is 0.685. The molecule has 1 aromatic carbocycles. The minimum absolute atomic E-state index is 0. The van der Waals surface area contributed by atoms with Crippen molar-refractivity contribution in [1.82, 2.24) is 10.2 Å². The summed E-state index contributed by atoms with van der Waals surface area (Å²) in [5.41, 5.74) is 0.280. The Morgan fingerprint density at radius 3 is 2.52 bits per heavy atom. The van der Waals surface area contributed by atoms with Crippen molar-refractivity contribution in [2.75, 3.05) is 39.9 Å². The summed E-state index contributed by atoms with van der Waals surface area (Å²) in [6, 6.07) is 1.54. The average molecular weight is 418 g/mol. The summed E-state index contributed by atoms with van der Waals surface area (Å²) in [5, 5.41) is 22.1. The Balaban J connectivity index is 0.00000264. The first-order valence-corrected chi connectivity index (χ1v) is 7.70. The van der Waals surface area contributed by atoms with Gasteiger partial charge in [0.15, 0.2) is 11.5 Å². The second-order valence-electron chi connectivity index (χ2n) is 5.16. The van der Waals surface area contributed by atoms with E-state index in [1.165, 1.54) is 19.2 Å². The van der Waals surface area contributed by atoms with Crippen molar-refractivity contribution in [3.63, 3.8) is 0 Å². The van der Waals surface area contributed by atoms with Crippen LogP contribution in [0.25, 0.3) is 0 Å². The number of ether oxygens (including phenoxy) is 1. The highest BCUT2D eigenvalue weighted by Gasteiger charge is 2.44. The Morgan fingerprint density at radius 1 is 1.39 bits per heavy atom. The minimum atomic E-state index is -3.31. The third-order valence-corrected chi connectivity index (χ3v) is 4.32. The standard InChI is InChI=1S/C14H19BrF2N2O3.ClH/c1-22-11-7-9(6-10(15)12(11)21)13(14(16,17)8-20)19-4-2-18-3-5-19;/h6-7,13,18,20-21H,2-5,8H2,1H3;1H/t13-;/m0./s1. The van der Waals surface area contributed by atoms with Gasteiger partial charge in [0.25, 0.3) is 5.92 Å². The molecule has 9 heteroatoms. The normalized spacial score (nSPS) is 17.4. The number of hydrogen-bond donors (Lipinski definition) is 3. The summed E-state index contributed by atoms with van der Waals surface area (Å²) in [6.45, 7) is 0.854. The van der Waals surface area contributed by atoms with Crippen LogP contribution < -0.4 is 10.1 Å². The molecule has 2 rings (SSSR count). The summed E-state index contributed by atoms with van der Waals surface area (Å²) >= 11 is 3.15. The molecule has 0 spiro atoms. The van der Waals surface area contributed by atoms with Gasteiger partial charge in [0.1, 0.15) is 12.6 Å². The number of aliphatic hydroxyl groups excluding tert-OH is 1. The fourth-order valence-corrected chi connectivity index (χ4v) is 3.12. The van der Waals surface area contributed by atoms with Crippen molar-refractivity contribution < 1.29 is 23.7 Å². The molecule has 1 aliphatic rings. The van der Waals surface area contributed by atoms with E-state index in [1.807, 2.05) is 0 Å². The maximum absolute atomic E-state index is 14.3. The predicted octanol–water partition coefficient (Wildman–Crippen LogP) is 2.16. The third kappa shape index (κ3) is 4.45. The van der Waals surface area contributed by atoms with E-state index in [-0.39, 0.29) is 33.9 Å². The van der Waals surface area contributed by atoms with Gasteiger partial charge in [0.05, 0.1) is 11.6 Å². The van der Waals surface area contributed by atoms with Gasteiger partial charge >= 0.3 is 0 Å². The molecule has 1 saturated heterocycles. The lowest BCUT2D eigenvalue weighted by Gasteiger charge is -2.39. The molecule has 1 aromatic rings. The third-order valence-electron chi connectivity index (χ3n) is 3.71. The maximum Gasteiger partial charge on any atom is 0.289 e. The van der Waals surface area contributed by atoms with Gasteiger partial charge in [-0.15, -0.1) is 12.4 Å². The zero-order valence-electron chi connectivity index (χ0n) is 12.6. The Kier molecular flexibility index (Phi) is 7.47. The molecule has 3 N–H and O–H groups in total. The molecule has 0 bridgehead atoms. The van der Waals surface area contributed by atoms with Crippen molar-refractivity contribution in [3.05, 3.63) is 22.2 Å². The van der Waals surface area contributed by atoms with E-state index in [0.717, 1.165) is 0 Å². The molecule has 1 aliphatic heterocycles. The van der Waals surface area contributed by atoms with Crippen LogP contribution in [0.15, 0.2) is 16.6 Å². The van der Waals surface area contributed by atoms with Crippen LogP contribution in [0.5, 0.6) is 11.5 Å². The fourth-order valence-electron chi connectivity index (χ4n) is 2.66. The molecule has 0 aromatic heterocycles. The number of alkyl halides is 2. The first-order chi connectivity index (χ1) is 10.4. The zero-order chi connectivity index (χ0) is 16.3. The molecule has 0 unspecified atom stereocenters. The molecule has 0 aliphatic carbocycles. The van der Waals surface area contributed by atoms with E-state index in [0.29, 0.717) is 26.2 Å². The van der Waals surface area contributed by atoms with Crippen LogP contribution in [0.3, 0.4) is 0 Å². The van der Waals surface area contributed by atoms with Crippen LogP contribution >= 0.6 is 28.3 Å². The van der Waals surface area contributed by atoms with Gasteiger partial charge < -0.3 is 20.3 Å². The second-order valence-corrected chi connectivity index (χ2v) is 6.02. The number of aromatic hydroxyl groups is 1. The number of hydrogen-bond acceptors (Lipinski definition) is 5. The van der Waals surface area contributed by atoms with Gasteiger partial charge in [-0.25, -0.2) is 8.78 Å². The minimum Gasteiger partial charge on any atom is -0.503 e. The Hall–Kier alpha value is -0.670. The highest BCUT2D eigenvalue weighted by Crippen LogP contribution is 2.42. The lowest BCUT2D eigenvalue weighted by atomic mass is 9.97. The zero-order valence-corrected chi connectivity index (χ0v) is 15.0. The van der Waals surface area contributed by atoms with E-state index in [9.17, 15) is 13.9 Å². The van der Waals surface area contributed by atoms with Crippen LogP contribution in [-0.2, 0) is 0 Å². The highest BCUT2D eigenvalue weighted by atomic mass is 79.9. The number of aliphatic hydroxyl groups is 1. The van der Waals surface area contributed by atoms with Crippen LogP contribution in [0.4, 0.5) is 8.78 Å². The average Bonchev–Trinajstić information content (AvgIpc) is 2.51. The molecule has 1 atom stereocenters. The SMILES string of the molecule is COc1cc([C@H](N2CCNCC2)C(F)(F)CO)cc(Br)c1O.Cl. The fraction of sp³-hybridized carbons (Fsp3) is 0.571. The van der Waals surface area contributed by atoms with E-state index >= 15 is 0 Å². The van der Waals surface area contributed by atoms with Gasteiger partial charge in [-0.3, -0.25) is 4.90 Å². The lowest BCUT2D eigenvalue weighted by Crippen LogP contribution is -2.51. The van der Waals surface area contributed by atoms with Crippen molar-refractivity contribution in [2.45, 2.75) is 12.0 Å². The van der Waals surface area contributed by atoms with Gasteiger partial charge in [0, 0.05) is 26.2 Å². The van der Waals surface area contributed by atoms with Crippen LogP contribution in [0.2, 0.25) is 0 Å². The topological polar surface area (TPSA) is 65.0 Å². The molecule has 0 saturated carbocycles. The highest BCUT2D eigenvalue weighted by molar-refractivity contribution is 9.10. The molecule has 23 heavy (non-hydrogen) atoms. The van der Waals surface area contributed by atoms with Crippen molar-refractivity contribution in [2.24, 2.45) is 0 Å². The van der Waals surface area contributed by atoms with Crippen LogP contribution in [0.1, 0.15) is 11.6 Å². The number of nitrogens with zero attached hydrogens (tertiary/aromatic N) is 1. The molecular weight excluding hydrogens is 398 g/mol. The van der Waals surface area contributed by atoms with Gasteiger partial charge in [-0.2, -0.15) is 0 Å². The monoisotopic (exact) mass is 416 g/mol. The van der Waals surface area contributed by atoms with E-state index in [1.54, 1.807) is 4.90 Å². The molecular formula is C14H20BrClF2N2O3. The lowest BCUT2D eigenvalue weighted by molar-refractivity contribution is -0.118. The van der Waals surface area contributed by atoms with Gasteiger partial charge in [0.2, 0.25) is 0 Å². The van der Waals surface area contributed by atoms with Crippen molar-refractivity contribution >= 4 is 28.3 Å². The summed E-state index contributed by atoms with van der Waals surface area (Å²) in [6.07, 6.45) is 0. The Labute approximate surface area is 148 Å². The number of phenolic OH excluding ortho intramolecular Hbond substituents is 1. The first kappa shape index (κ1) is 20.4. The molecule has 1 fully saturated rings. The van der Waals surface area contributed by atoms with Crippen LogP contribution in [-0.4, -0.2) is 60.9 Å². The largest absolute Gasteiger partial charge is 0.503 e. The molecule has 5 nitrogen and oxygen atoms in total. The molecule has 0 amide bonds. The number of methoxy groups -OCH3 is 1. The summed E-state index contributed by atoms with van der Waals surface area (Å²) in [4.78, 5) is 1.63. The number of phenols is 1. The number of rotatable bonds is 5. The van der Waals surface area contributed by atoms with Crippen LogP contribution in [0, 0.1) is 0 Å². The Morgan fingerprint density at radius 2 is 2.00 bits per heavy atom. The second kappa shape index (κ2) is 8.43. The van der Waals surface area contributed by atoms with E-state index in [4.69, 9.17) is 9.84 Å². The van der Waals surface area contributed by atoms with E-state index in [2.05, 4.69) is 21.2 Å². The predicted molar refractivity (Wildman–Crippen MR) is 88.8 cm³/mol. The molecule has 0 radical (unpaired) electrons. The first-order valence-electron chi connectivity index (χ1n) is 6.90. The number of benzene rings is 1. The molecule has 1 heterocycles. The van der Waals surface area contributed by atoms with Crippen molar-refractivity contribution in [3.8, 4) is 11.5 Å². The smallest absolute Gasteiger partial charge is 0.289 e.